The highest BCUT2D eigenvalue weighted by Gasteiger charge is 2.05. The molecule has 0 amide bonds. The smallest absolute Gasteiger partial charge is 0.0921 e. The van der Waals surface area contributed by atoms with Crippen LogP contribution in [0.15, 0.2) is 11.8 Å². The molecule has 0 fully saturated rings. The molecule has 1 aliphatic rings. The van der Waals surface area contributed by atoms with E-state index in [1.165, 1.54) is 50.7 Å². The Morgan fingerprint density at radius 3 is 2.73 bits per heavy atom. The van der Waals surface area contributed by atoms with Crippen LogP contribution in [0.3, 0.4) is 0 Å². The van der Waals surface area contributed by atoms with Crippen molar-refractivity contribution >= 4 is 0 Å². The monoisotopic (exact) mass is 210 g/mol. The lowest BCUT2D eigenvalue weighted by Crippen LogP contribution is -1.95. The predicted octanol–water partition coefficient (Wildman–Crippen LogP) is 4.68. The van der Waals surface area contributed by atoms with Gasteiger partial charge in [0.15, 0.2) is 0 Å². The zero-order chi connectivity index (χ0) is 10.9. The molecule has 1 heterocycles. The van der Waals surface area contributed by atoms with Gasteiger partial charge in [0.25, 0.3) is 0 Å². The second-order valence-corrected chi connectivity index (χ2v) is 4.80. The Balaban J connectivity index is 1.91. The highest BCUT2D eigenvalue weighted by Crippen LogP contribution is 2.19. The summed E-state index contributed by atoms with van der Waals surface area (Å²) in [4.78, 5) is 0. The molecule has 0 saturated carbocycles. The third-order valence-electron chi connectivity index (χ3n) is 3.20. The zero-order valence-electron chi connectivity index (χ0n) is 10.4. The molecule has 0 aromatic rings. The Morgan fingerprint density at radius 2 is 2.07 bits per heavy atom. The maximum atomic E-state index is 5.49. The Morgan fingerprint density at radius 1 is 1.27 bits per heavy atom. The van der Waals surface area contributed by atoms with E-state index in [0.717, 1.165) is 18.9 Å². The molecule has 0 N–H and O–H groups in total. The van der Waals surface area contributed by atoms with Crippen LogP contribution in [0.5, 0.6) is 0 Å². The van der Waals surface area contributed by atoms with Gasteiger partial charge in [0.1, 0.15) is 0 Å². The molecule has 0 aromatic heterocycles. The maximum absolute atomic E-state index is 5.49. The fraction of sp³-hybridized carbons (Fsp3) is 0.857. The van der Waals surface area contributed by atoms with E-state index in [1.54, 1.807) is 0 Å². The Labute approximate surface area is 94.9 Å². The SMILES string of the molecule is CCCCC(C)CCCCC1=CCCO1. The summed E-state index contributed by atoms with van der Waals surface area (Å²) in [5.74, 6) is 2.17. The lowest BCUT2D eigenvalue weighted by molar-refractivity contribution is 0.231. The molecule has 1 nitrogen and oxygen atoms in total. The Bertz CT molecular complexity index is 184. The van der Waals surface area contributed by atoms with Gasteiger partial charge in [0.2, 0.25) is 0 Å². The van der Waals surface area contributed by atoms with E-state index in [9.17, 15) is 0 Å². The molecule has 0 spiro atoms. The van der Waals surface area contributed by atoms with E-state index in [-0.39, 0.29) is 0 Å². The number of hydrogen-bond acceptors (Lipinski definition) is 1. The second-order valence-electron chi connectivity index (χ2n) is 4.80. The van der Waals surface area contributed by atoms with Gasteiger partial charge in [-0.15, -0.1) is 0 Å². The van der Waals surface area contributed by atoms with Crippen molar-refractivity contribution in [2.75, 3.05) is 6.61 Å². The summed E-state index contributed by atoms with van der Waals surface area (Å²) in [7, 11) is 0. The average Bonchev–Trinajstić information content (AvgIpc) is 2.74. The summed E-state index contributed by atoms with van der Waals surface area (Å²) >= 11 is 0. The van der Waals surface area contributed by atoms with Crippen molar-refractivity contribution < 1.29 is 4.74 Å². The summed E-state index contributed by atoms with van der Waals surface area (Å²) in [6.07, 6.45) is 12.8. The quantitative estimate of drug-likeness (QED) is 0.529. The van der Waals surface area contributed by atoms with Gasteiger partial charge in [0, 0.05) is 12.8 Å². The summed E-state index contributed by atoms with van der Waals surface area (Å²) in [5, 5.41) is 0. The van der Waals surface area contributed by atoms with Gasteiger partial charge in [0.05, 0.1) is 12.4 Å². The molecular formula is C14H26O. The molecule has 1 aliphatic heterocycles. The van der Waals surface area contributed by atoms with Crippen molar-refractivity contribution in [3.63, 3.8) is 0 Å². The Kier molecular flexibility index (Phi) is 6.54. The van der Waals surface area contributed by atoms with E-state index >= 15 is 0 Å². The predicted molar refractivity (Wildman–Crippen MR) is 65.8 cm³/mol. The summed E-state index contributed by atoms with van der Waals surface area (Å²) in [6, 6.07) is 0. The van der Waals surface area contributed by atoms with Crippen LogP contribution in [0.25, 0.3) is 0 Å². The van der Waals surface area contributed by atoms with Gasteiger partial charge in [-0.1, -0.05) is 46.0 Å². The number of hydrogen-bond donors (Lipinski definition) is 0. The molecule has 0 radical (unpaired) electrons. The number of ether oxygens (including phenoxy) is 1. The molecule has 0 aromatic carbocycles. The van der Waals surface area contributed by atoms with Crippen molar-refractivity contribution in [2.45, 2.75) is 65.2 Å². The summed E-state index contributed by atoms with van der Waals surface area (Å²) in [5.41, 5.74) is 0. The van der Waals surface area contributed by atoms with E-state index < -0.39 is 0 Å². The molecule has 1 heteroatoms. The fourth-order valence-electron chi connectivity index (χ4n) is 2.13. The average molecular weight is 210 g/mol. The largest absolute Gasteiger partial charge is 0.498 e. The van der Waals surface area contributed by atoms with Gasteiger partial charge >= 0.3 is 0 Å². The van der Waals surface area contributed by atoms with Crippen molar-refractivity contribution in [3.05, 3.63) is 11.8 Å². The molecule has 0 bridgehead atoms. The van der Waals surface area contributed by atoms with Crippen LogP contribution in [0.2, 0.25) is 0 Å². The summed E-state index contributed by atoms with van der Waals surface area (Å²) in [6.45, 7) is 5.58. The van der Waals surface area contributed by atoms with Gasteiger partial charge in [-0.2, -0.15) is 0 Å². The maximum Gasteiger partial charge on any atom is 0.0921 e. The molecule has 1 atom stereocenters. The third kappa shape index (κ3) is 5.86. The van der Waals surface area contributed by atoms with Gasteiger partial charge in [-0.25, -0.2) is 0 Å². The first-order valence-electron chi connectivity index (χ1n) is 6.64. The lowest BCUT2D eigenvalue weighted by Gasteiger charge is -2.10. The zero-order valence-corrected chi connectivity index (χ0v) is 10.4. The molecular weight excluding hydrogens is 184 g/mol. The minimum absolute atomic E-state index is 0.919. The van der Waals surface area contributed by atoms with E-state index in [1.807, 2.05) is 0 Å². The van der Waals surface area contributed by atoms with Crippen LogP contribution in [0.1, 0.15) is 65.2 Å². The van der Waals surface area contributed by atoms with Crippen molar-refractivity contribution in [1.82, 2.24) is 0 Å². The minimum Gasteiger partial charge on any atom is -0.498 e. The van der Waals surface area contributed by atoms with Crippen molar-refractivity contribution in [3.8, 4) is 0 Å². The molecule has 88 valence electrons. The van der Waals surface area contributed by atoms with Crippen LogP contribution in [-0.4, -0.2) is 6.61 Å². The lowest BCUT2D eigenvalue weighted by atomic mass is 9.97. The summed E-state index contributed by atoms with van der Waals surface area (Å²) < 4.78 is 5.49. The van der Waals surface area contributed by atoms with Crippen molar-refractivity contribution in [1.29, 1.82) is 0 Å². The highest BCUT2D eigenvalue weighted by atomic mass is 16.5. The molecule has 0 saturated heterocycles. The van der Waals surface area contributed by atoms with Crippen LogP contribution < -0.4 is 0 Å². The molecule has 1 rings (SSSR count). The van der Waals surface area contributed by atoms with Crippen molar-refractivity contribution in [2.24, 2.45) is 5.92 Å². The number of allylic oxidation sites excluding steroid dienone is 1. The van der Waals surface area contributed by atoms with Gasteiger partial charge in [-0.3, -0.25) is 0 Å². The first kappa shape index (κ1) is 12.6. The highest BCUT2D eigenvalue weighted by molar-refractivity contribution is 4.97. The first-order valence-corrected chi connectivity index (χ1v) is 6.64. The van der Waals surface area contributed by atoms with Gasteiger partial charge < -0.3 is 4.74 Å². The second kappa shape index (κ2) is 7.78. The van der Waals surface area contributed by atoms with E-state index in [4.69, 9.17) is 4.74 Å². The minimum atomic E-state index is 0.919. The molecule has 1 unspecified atom stereocenters. The topological polar surface area (TPSA) is 9.23 Å². The van der Waals surface area contributed by atoms with E-state index in [0.29, 0.717) is 0 Å². The number of rotatable bonds is 8. The Hall–Kier alpha value is -0.460. The van der Waals surface area contributed by atoms with Gasteiger partial charge in [-0.05, 0) is 18.4 Å². The van der Waals surface area contributed by atoms with E-state index in [2.05, 4.69) is 19.9 Å². The third-order valence-corrected chi connectivity index (χ3v) is 3.20. The molecule has 0 aliphatic carbocycles. The normalized spacial score (nSPS) is 17.3. The number of unbranched alkanes of at least 4 members (excludes halogenated alkanes) is 2. The van der Waals surface area contributed by atoms with Crippen LogP contribution in [-0.2, 0) is 4.74 Å². The first-order chi connectivity index (χ1) is 7.33. The molecule has 15 heavy (non-hydrogen) atoms. The van der Waals surface area contributed by atoms with Crippen LogP contribution in [0.4, 0.5) is 0 Å². The van der Waals surface area contributed by atoms with Crippen LogP contribution >= 0.6 is 0 Å². The fourth-order valence-corrected chi connectivity index (χ4v) is 2.13. The standard InChI is InChI=1S/C14H26O/c1-3-4-8-13(2)9-5-6-10-14-11-7-12-15-14/h11,13H,3-10,12H2,1-2H3. The van der Waals surface area contributed by atoms with Crippen LogP contribution in [0, 0.1) is 5.92 Å².